The minimum Gasteiger partial charge on any atom is -0.480 e. The number of nitrogens with one attached hydrogen (secondary N) is 1. The van der Waals surface area contributed by atoms with E-state index in [4.69, 9.17) is 5.11 Å². The van der Waals surface area contributed by atoms with Gasteiger partial charge in [-0.1, -0.05) is 18.2 Å². The van der Waals surface area contributed by atoms with Crippen molar-refractivity contribution in [1.29, 1.82) is 0 Å². The summed E-state index contributed by atoms with van der Waals surface area (Å²) in [5, 5.41) is 11.3. The zero-order valence-electron chi connectivity index (χ0n) is 10.9. The van der Waals surface area contributed by atoms with Crippen molar-refractivity contribution >= 4 is 11.9 Å². The standard InChI is InChI=1S/C14H15F2NO3/c1-2-3-4-12(14(19)20)17-13(18)8-9-5-6-10(15)11(16)7-9/h2-3,5-7,12H,4,8H2,1H3,(H,17,18)(H,19,20)/b3-2+. The lowest BCUT2D eigenvalue weighted by atomic mass is 10.1. The molecule has 1 atom stereocenters. The summed E-state index contributed by atoms with van der Waals surface area (Å²) in [7, 11) is 0. The molecule has 0 saturated carbocycles. The quantitative estimate of drug-likeness (QED) is 0.785. The van der Waals surface area contributed by atoms with Gasteiger partial charge in [0, 0.05) is 0 Å². The fourth-order valence-corrected chi connectivity index (χ4v) is 1.57. The van der Waals surface area contributed by atoms with Gasteiger partial charge in [-0.2, -0.15) is 0 Å². The zero-order chi connectivity index (χ0) is 15.1. The first kappa shape index (κ1) is 15.8. The van der Waals surface area contributed by atoms with Gasteiger partial charge in [-0.05, 0) is 31.0 Å². The van der Waals surface area contributed by atoms with Crippen LogP contribution in [0.3, 0.4) is 0 Å². The molecular formula is C14H15F2NO3. The SMILES string of the molecule is C/C=C/CC(NC(=O)Cc1ccc(F)c(F)c1)C(=O)O. The van der Waals surface area contributed by atoms with Gasteiger partial charge in [0.1, 0.15) is 6.04 Å². The molecule has 0 fully saturated rings. The van der Waals surface area contributed by atoms with E-state index in [1.165, 1.54) is 6.07 Å². The lowest BCUT2D eigenvalue weighted by Gasteiger charge is -2.12. The van der Waals surface area contributed by atoms with Crippen molar-refractivity contribution in [2.75, 3.05) is 0 Å². The maximum absolute atomic E-state index is 13.0. The highest BCUT2D eigenvalue weighted by Gasteiger charge is 2.18. The van der Waals surface area contributed by atoms with Gasteiger partial charge >= 0.3 is 5.97 Å². The van der Waals surface area contributed by atoms with Crippen molar-refractivity contribution in [3.8, 4) is 0 Å². The second kappa shape index (κ2) is 7.37. The molecule has 0 heterocycles. The van der Waals surface area contributed by atoms with E-state index in [0.717, 1.165) is 12.1 Å². The first-order chi connectivity index (χ1) is 9.43. The molecule has 6 heteroatoms. The van der Waals surface area contributed by atoms with E-state index in [9.17, 15) is 18.4 Å². The van der Waals surface area contributed by atoms with Crippen LogP contribution in [-0.2, 0) is 16.0 Å². The number of amides is 1. The summed E-state index contributed by atoms with van der Waals surface area (Å²) in [6, 6.07) is 2.08. The molecule has 0 aliphatic carbocycles. The Morgan fingerprint density at radius 2 is 2.05 bits per heavy atom. The summed E-state index contributed by atoms with van der Waals surface area (Å²) >= 11 is 0. The van der Waals surface area contributed by atoms with Gasteiger partial charge in [-0.25, -0.2) is 13.6 Å². The highest BCUT2D eigenvalue weighted by molar-refractivity contribution is 5.84. The molecular weight excluding hydrogens is 268 g/mol. The number of carbonyl (C=O) groups is 2. The maximum Gasteiger partial charge on any atom is 0.326 e. The summed E-state index contributed by atoms with van der Waals surface area (Å²) in [5.74, 6) is -3.75. The van der Waals surface area contributed by atoms with Gasteiger partial charge in [0.15, 0.2) is 11.6 Å². The summed E-state index contributed by atoms with van der Waals surface area (Å²) < 4.78 is 25.7. The van der Waals surface area contributed by atoms with Gasteiger partial charge in [0.2, 0.25) is 5.91 Å². The number of carbonyl (C=O) groups excluding carboxylic acids is 1. The average Bonchev–Trinajstić information content (AvgIpc) is 2.38. The Kier molecular flexibility index (Phi) is 5.83. The number of benzene rings is 1. The number of hydrogen-bond donors (Lipinski definition) is 2. The normalized spacial score (nSPS) is 12.3. The minimum absolute atomic E-state index is 0.162. The average molecular weight is 283 g/mol. The van der Waals surface area contributed by atoms with Crippen molar-refractivity contribution < 1.29 is 23.5 Å². The van der Waals surface area contributed by atoms with E-state index < -0.39 is 29.6 Å². The number of aliphatic carboxylic acids is 1. The van der Waals surface area contributed by atoms with E-state index in [0.29, 0.717) is 0 Å². The molecule has 1 amide bonds. The number of carboxylic acid groups (broad SMARTS) is 1. The van der Waals surface area contributed by atoms with Crippen LogP contribution in [0.1, 0.15) is 18.9 Å². The summed E-state index contributed by atoms with van der Waals surface area (Å²) in [5.41, 5.74) is 0.275. The molecule has 1 rings (SSSR count). The van der Waals surface area contributed by atoms with Crippen LogP contribution in [0.2, 0.25) is 0 Å². The largest absolute Gasteiger partial charge is 0.480 e. The van der Waals surface area contributed by atoms with E-state index in [1.807, 2.05) is 0 Å². The second-order valence-electron chi connectivity index (χ2n) is 4.19. The Bertz CT molecular complexity index is 529. The van der Waals surface area contributed by atoms with E-state index in [-0.39, 0.29) is 18.4 Å². The maximum atomic E-state index is 13.0. The second-order valence-corrected chi connectivity index (χ2v) is 4.19. The Hall–Kier alpha value is -2.24. The first-order valence-electron chi connectivity index (χ1n) is 6.01. The molecule has 108 valence electrons. The van der Waals surface area contributed by atoms with Crippen molar-refractivity contribution in [2.45, 2.75) is 25.8 Å². The monoisotopic (exact) mass is 283 g/mol. The lowest BCUT2D eigenvalue weighted by Crippen LogP contribution is -2.41. The molecule has 4 nitrogen and oxygen atoms in total. The third-order valence-corrected chi connectivity index (χ3v) is 2.59. The Morgan fingerprint density at radius 3 is 2.60 bits per heavy atom. The molecule has 0 aromatic heterocycles. The van der Waals surface area contributed by atoms with Crippen LogP contribution in [0.4, 0.5) is 8.78 Å². The predicted octanol–water partition coefficient (Wildman–Crippen LogP) is 2.04. The Labute approximate surface area is 115 Å². The number of rotatable bonds is 6. The molecule has 20 heavy (non-hydrogen) atoms. The third kappa shape index (κ3) is 4.79. The summed E-state index contributed by atoms with van der Waals surface area (Å²) in [4.78, 5) is 22.6. The van der Waals surface area contributed by atoms with Crippen LogP contribution in [0.15, 0.2) is 30.4 Å². The number of allylic oxidation sites excluding steroid dienone is 1. The topological polar surface area (TPSA) is 66.4 Å². The summed E-state index contributed by atoms with van der Waals surface area (Å²) in [6.07, 6.45) is 3.25. The zero-order valence-corrected chi connectivity index (χ0v) is 10.9. The minimum atomic E-state index is -1.15. The smallest absolute Gasteiger partial charge is 0.326 e. The Morgan fingerprint density at radius 1 is 1.35 bits per heavy atom. The highest BCUT2D eigenvalue weighted by Crippen LogP contribution is 2.09. The number of halogens is 2. The fraction of sp³-hybridized carbons (Fsp3) is 0.286. The van der Waals surface area contributed by atoms with E-state index >= 15 is 0 Å². The van der Waals surface area contributed by atoms with Crippen molar-refractivity contribution in [3.05, 3.63) is 47.5 Å². The van der Waals surface area contributed by atoms with Crippen LogP contribution in [0.5, 0.6) is 0 Å². The molecule has 0 spiro atoms. The van der Waals surface area contributed by atoms with Crippen LogP contribution in [0, 0.1) is 11.6 Å². The van der Waals surface area contributed by atoms with Crippen LogP contribution >= 0.6 is 0 Å². The predicted molar refractivity (Wildman–Crippen MR) is 69.1 cm³/mol. The third-order valence-electron chi connectivity index (χ3n) is 2.59. The number of hydrogen-bond acceptors (Lipinski definition) is 2. The molecule has 0 aliphatic heterocycles. The van der Waals surface area contributed by atoms with E-state index in [1.54, 1.807) is 19.1 Å². The molecule has 0 saturated heterocycles. The van der Waals surface area contributed by atoms with Gasteiger partial charge in [0.25, 0.3) is 0 Å². The lowest BCUT2D eigenvalue weighted by molar-refractivity contribution is -0.141. The van der Waals surface area contributed by atoms with E-state index in [2.05, 4.69) is 5.32 Å². The molecule has 0 radical (unpaired) electrons. The summed E-state index contributed by atoms with van der Waals surface area (Å²) in [6.45, 7) is 1.74. The number of carboxylic acids is 1. The van der Waals surface area contributed by atoms with Crippen molar-refractivity contribution in [1.82, 2.24) is 5.32 Å². The van der Waals surface area contributed by atoms with Gasteiger partial charge in [0.05, 0.1) is 6.42 Å². The van der Waals surface area contributed by atoms with Crippen LogP contribution in [-0.4, -0.2) is 23.0 Å². The molecule has 0 bridgehead atoms. The van der Waals surface area contributed by atoms with Crippen molar-refractivity contribution in [2.24, 2.45) is 0 Å². The van der Waals surface area contributed by atoms with Gasteiger partial charge in [-0.15, -0.1) is 0 Å². The highest BCUT2D eigenvalue weighted by atomic mass is 19.2. The molecule has 1 aromatic rings. The van der Waals surface area contributed by atoms with Gasteiger partial charge < -0.3 is 10.4 Å². The first-order valence-corrected chi connectivity index (χ1v) is 6.01. The molecule has 0 aliphatic rings. The Balaban J connectivity index is 2.65. The molecule has 2 N–H and O–H groups in total. The van der Waals surface area contributed by atoms with Crippen LogP contribution < -0.4 is 5.32 Å². The molecule has 1 unspecified atom stereocenters. The molecule has 1 aromatic carbocycles. The van der Waals surface area contributed by atoms with Crippen molar-refractivity contribution in [3.63, 3.8) is 0 Å². The van der Waals surface area contributed by atoms with Crippen LogP contribution in [0.25, 0.3) is 0 Å². The van der Waals surface area contributed by atoms with Gasteiger partial charge in [-0.3, -0.25) is 4.79 Å². The fourth-order valence-electron chi connectivity index (χ4n) is 1.57.